The van der Waals surface area contributed by atoms with Crippen molar-refractivity contribution in [3.05, 3.63) is 51.7 Å². The lowest BCUT2D eigenvalue weighted by atomic mass is 10.0. The van der Waals surface area contributed by atoms with Crippen LogP contribution in [0.25, 0.3) is 6.08 Å². The van der Waals surface area contributed by atoms with E-state index in [0.29, 0.717) is 13.2 Å². The summed E-state index contributed by atoms with van der Waals surface area (Å²) in [6, 6.07) is 8.21. The Morgan fingerprint density at radius 2 is 2.08 bits per heavy atom. The number of carbonyl (C=O) groups is 1. The van der Waals surface area contributed by atoms with Crippen molar-refractivity contribution in [2.24, 2.45) is 0 Å². The molecule has 0 radical (unpaired) electrons. The van der Waals surface area contributed by atoms with E-state index in [4.69, 9.17) is 9.47 Å². The summed E-state index contributed by atoms with van der Waals surface area (Å²) >= 11 is 1.66. The zero-order chi connectivity index (χ0) is 17.2. The third-order valence-corrected chi connectivity index (χ3v) is 5.75. The number of hydrogen-bond donors (Lipinski definition) is 0. The van der Waals surface area contributed by atoms with E-state index in [1.807, 2.05) is 28.5 Å². The summed E-state index contributed by atoms with van der Waals surface area (Å²) in [7, 11) is 0. The van der Waals surface area contributed by atoms with Crippen molar-refractivity contribution in [3.63, 3.8) is 0 Å². The van der Waals surface area contributed by atoms with Gasteiger partial charge in [0.25, 0.3) is 0 Å². The molecule has 0 N–H and O–H groups in total. The number of fused-ring (bicyclic) bond motifs is 1. The predicted molar refractivity (Wildman–Crippen MR) is 99.2 cm³/mol. The van der Waals surface area contributed by atoms with Crippen molar-refractivity contribution in [2.45, 2.75) is 25.8 Å². The van der Waals surface area contributed by atoms with Gasteiger partial charge in [-0.05, 0) is 60.5 Å². The summed E-state index contributed by atoms with van der Waals surface area (Å²) in [5.74, 6) is 1.65. The monoisotopic (exact) mass is 355 g/mol. The van der Waals surface area contributed by atoms with E-state index in [2.05, 4.69) is 19.1 Å². The second kappa shape index (κ2) is 6.92. The Labute approximate surface area is 151 Å². The van der Waals surface area contributed by atoms with Crippen molar-refractivity contribution in [2.75, 3.05) is 19.8 Å². The van der Waals surface area contributed by atoms with Crippen molar-refractivity contribution < 1.29 is 14.3 Å². The van der Waals surface area contributed by atoms with E-state index in [0.717, 1.165) is 41.3 Å². The minimum Gasteiger partial charge on any atom is -0.486 e. The highest BCUT2D eigenvalue weighted by molar-refractivity contribution is 7.11. The molecule has 2 aliphatic heterocycles. The highest BCUT2D eigenvalue weighted by Crippen LogP contribution is 2.38. The molecule has 0 bridgehead atoms. The maximum Gasteiger partial charge on any atom is 0.247 e. The van der Waals surface area contributed by atoms with E-state index in [9.17, 15) is 4.79 Å². The van der Waals surface area contributed by atoms with Gasteiger partial charge in [-0.1, -0.05) is 6.07 Å². The van der Waals surface area contributed by atoms with E-state index < -0.39 is 0 Å². The number of benzene rings is 1. The Bertz CT molecular complexity index is 811. The number of likely N-dealkylation sites (tertiary alicyclic amines) is 1. The molecule has 1 aromatic carbocycles. The zero-order valence-corrected chi connectivity index (χ0v) is 15.1. The van der Waals surface area contributed by atoms with Gasteiger partial charge in [0.1, 0.15) is 13.2 Å². The van der Waals surface area contributed by atoms with Crippen LogP contribution < -0.4 is 9.47 Å². The highest BCUT2D eigenvalue weighted by Gasteiger charge is 2.29. The first kappa shape index (κ1) is 16.2. The second-order valence-electron chi connectivity index (χ2n) is 6.39. The van der Waals surface area contributed by atoms with E-state index in [-0.39, 0.29) is 11.9 Å². The first-order valence-corrected chi connectivity index (χ1v) is 9.52. The molecule has 1 fully saturated rings. The Morgan fingerprint density at radius 3 is 2.88 bits per heavy atom. The molecular formula is C20H21NO3S. The molecule has 25 heavy (non-hydrogen) atoms. The van der Waals surface area contributed by atoms with E-state index >= 15 is 0 Å². The lowest BCUT2D eigenvalue weighted by Crippen LogP contribution is -2.29. The molecule has 130 valence electrons. The van der Waals surface area contributed by atoms with Crippen LogP contribution in [-0.4, -0.2) is 30.6 Å². The number of nitrogens with zero attached hydrogens (tertiary/aromatic N) is 1. The summed E-state index contributed by atoms with van der Waals surface area (Å²) in [6.07, 6.45) is 5.64. The lowest BCUT2D eigenvalue weighted by molar-refractivity contribution is -0.126. The molecule has 2 aromatic rings. The lowest BCUT2D eigenvalue weighted by Gasteiger charge is -2.26. The molecule has 1 saturated heterocycles. The van der Waals surface area contributed by atoms with Crippen LogP contribution in [0.15, 0.2) is 35.7 Å². The molecule has 1 atom stereocenters. The van der Waals surface area contributed by atoms with Crippen LogP contribution in [0.4, 0.5) is 0 Å². The van der Waals surface area contributed by atoms with Crippen LogP contribution in [0.2, 0.25) is 0 Å². The first-order valence-electron chi connectivity index (χ1n) is 8.65. The van der Waals surface area contributed by atoms with Crippen LogP contribution in [-0.2, 0) is 4.79 Å². The molecule has 3 heterocycles. The number of aryl methyl sites for hydroxylation is 1. The van der Waals surface area contributed by atoms with Crippen LogP contribution in [0.3, 0.4) is 0 Å². The topological polar surface area (TPSA) is 38.8 Å². The number of hydrogen-bond acceptors (Lipinski definition) is 4. The van der Waals surface area contributed by atoms with Gasteiger partial charge in [-0.15, -0.1) is 11.3 Å². The van der Waals surface area contributed by atoms with Crippen LogP contribution in [0, 0.1) is 6.92 Å². The quantitative estimate of drug-likeness (QED) is 0.775. The molecule has 5 heteroatoms. The van der Waals surface area contributed by atoms with Gasteiger partial charge >= 0.3 is 0 Å². The maximum absolute atomic E-state index is 12.7. The predicted octanol–water partition coefficient (Wildman–Crippen LogP) is 4.20. The fourth-order valence-corrected chi connectivity index (χ4v) is 4.26. The number of thiophene rings is 1. The Morgan fingerprint density at radius 1 is 1.24 bits per heavy atom. The number of ether oxygens (including phenoxy) is 2. The molecule has 0 unspecified atom stereocenters. The maximum atomic E-state index is 12.7. The first-order chi connectivity index (χ1) is 12.2. The minimum absolute atomic E-state index is 0.0742. The fourth-order valence-electron chi connectivity index (χ4n) is 3.44. The van der Waals surface area contributed by atoms with Crippen LogP contribution >= 0.6 is 11.3 Å². The smallest absolute Gasteiger partial charge is 0.247 e. The van der Waals surface area contributed by atoms with Crippen molar-refractivity contribution in [1.82, 2.24) is 4.90 Å². The van der Waals surface area contributed by atoms with Gasteiger partial charge in [0, 0.05) is 17.5 Å². The molecule has 1 amide bonds. The van der Waals surface area contributed by atoms with Gasteiger partial charge in [0.05, 0.1) is 6.04 Å². The third-order valence-electron chi connectivity index (χ3n) is 4.77. The number of amides is 1. The summed E-state index contributed by atoms with van der Waals surface area (Å²) in [6.45, 7) is 4.03. The summed E-state index contributed by atoms with van der Waals surface area (Å²) in [5.41, 5.74) is 2.33. The molecule has 4 rings (SSSR count). The van der Waals surface area contributed by atoms with Gasteiger partial charge in [-0.3, -0.25) is 4.79 Å². The molecule has 4 nitrogen and oxygen atoms in total. The minimum atomic E-state index is 0.0742. The highest BCUT2D eigenvalue weighted by atomic mass is 32.1. The molecule has 2 aliphatic rings. The Hall–Kier alpha value is -2.27. The van der Waals surface area contributed by atoms with Gasteiger partial charge in [0.15, 0.2) is 11.5 Å². The SMILES string of the molecule is Cc1ccsc1/C=C/C(=O)N1CCC[C@@H]1c1ccc2c(c1)OCCO2. The molecule has 0 aliphatic carbocycles. The Balaban J connectivity index is 1.53. The van der Waals surface area contributed by atoms with Crippen LogP contribution in [0.5, 0.6) is 11.5 Å². The average molecular weight is 355 g/mol. The summed E-state index contributed by atoms with van der Waals surface area (Å²) < 4.78 is 11.3. The summed E-state index contributed by atoms with van der Waals surface area (Å²) in [5, 5.41) is 2.05. The van der Waals surface area contributed by atoms with Crippen molar-refractivity contribution in [3.8, 4) is 11.5 Å². The average Bonchev–Trinajstić information content (AvgIpc) is 3.28. The van der Waals surface area contributed by atoms with E-state index in [1.165, 1.54) is 5.56 Å². The summed E-state index contributed by atoms with van der Waals surface area (Å²) in [4.78, 5) is 15.8. The largest absolute Gasteiger partial charge is 0.486 e. The zero-order valence-electron chi connectivity index (χ0n) is 14.2. The van der Waals surface area contributed by atoms with Crippen molar-refractivity contribution in [1.29, 1.82) is 0 Å². The van der Waals surface area contributed by atoms with Gasteiger partial charge in [-0.25, -0.2) is 0 Å². The fraction of sp³-hybridized carbons (Fsp3) is 0.350. The molecular weight excluding hydrogens is 334 g/mol. The normalized spacial score (nSPS) is 19.6. The van der Waals surface area contributed by atoms with Crippen LogP contribution in [0.1, 0.15) is 34.9 Å². The molecule has 1 aromatic heterocycles. The van der Waals surface area contributed by atoms with E-state index in [1.54, 1.807) is 17.4 Å². The number of carbonyl (C=O) groups excluding carboxylic acids is 1. The third kappa shape index (κ3) is 3.29. The molecule has 0 saturated carbocycles. The van der Waals surface area contributed by atoms with Gasteiger partial charge in [-0.2, -0.15) is 0 Å². The number of rotatable bonds is 3. The second-order valence-corrected chi connectivity index (χ2v) is 7.34. The van der Waals surface area contributed by atoms with Gasteiger partial charge < -0.3 is 14.4 Å². The standard InChI is InChI=1S/C20H21NO3S/c1-14-8-12-25-19(14)6-7-20(22)21-9-2-3-16(21)15-4-5-17-18(13-15)24-11-10-23-17/h4-8,12-13,16H,2-3,9-11H2,1H3/b7-6+/t16-/m1/s1. The molecule has 0 spiro atoms. The Kier molecular flexibility index (Phi) is 4.49. The van der Waals surface area contributed by atoms with Crippen molar-refractivity contribution >= 4 is 23.3 Å². The van der Waals surface area contributed by atoms with Gasteiger partial charge in [0.2, 0.25) is 5.91 Å².